The molecule has 0 aliphatic rings. The number of tetrazole rings is 1. The van der Waals surface area contributed by atoms with Crippen LogP contribution in [0.1, 0.15) is 22.8 Å². The average molecular weight is 364 g/mol. The molecule has 27 heavy (non-hydrogen) atoms. The first-order valence-corrected chi connectivity index (χ1v) is 8.38. The zero-order chi connectivity index (χ0) is 19.2. The lowest BCUT2D eigenvalue weighted by molar-refractivity contribution is -0.116. The van der Waals surface area contributed by atoms with Crippen molar-refractivity contribution in [2.45, 2.75) is 20.4 Å². The lowest BCUT2D eigenvalue weighted by Crippen LogP contribution is -2.27. The van der Waals surface area contributed by atoms with Crippen LogP contribution in [0.3, 0.4) is 0 Å². The summed E-state index contributed by atoms with van der Waals surface area (Å²) >= 11 is 0. The van der Waals surface area contributed by atoms with Crippen LogP contribution in [0.4, 0.5) is 0 Å². The van der Waals surface area contributed by atoms with Gasteiger partial charge < -0.3 is 10.1 Å². The topological polar surface area (TPSA) is 94.8 Å². The van der Waals surface area contributed by atoms with Crippen molar-refractivity contribution in [3.05, 3.63) is 65.2 Å². The van der Waals surface area contributed by atoms with Gasteiger partial charge in [0.2, 0.25) is 0 Å². The average Bonchev–Trinajstić information content (AvgIpc) is 3.10. The minimum Gasteiger partial charge on any atom is -0.497 e. The Balaban J connectivity index is 1.89. The Morgan fingerprint density at radius 3 is 2.74 bits per heavy atom. The van der Waals surface area contributed by atoms with Gasteiger partial charge in [-0.2, -0.15) is 4.68 Å². The molecule has 0 saturated carbocycles. The molecule has 0 aliphatic carbocycles. The highest BCUT2D eigenvalue weighted by Crippen LogP contribution is 2.17. The van der Waals surface area contributed by atoms with E-state index >= 15 is 0 Å². The SMILES string of the molecule is COc1cccc(/C=C(/C(=O)NCc2cccc(C)n2)n2nnnc2C)c1. The van der Waals surface area contributed by atoms with Gasteiger partial charge in [-0.25, -0.2) is 0 Å². The van der Waals surface area contributed by atoms with Crippen LogP contribution in [0.5, 0.6) is 5.75 Å². The minimum atomic E-state index is -0.309. The van der Waals surface area contributed by atoms with Crippen LogP contribution >= 0.6 is 0 Å². The van der Waals surface area contributed by atoms with Crippen molar-refractivity contribution in [2.24, 2.45) is 0 Å². The minimum absolute atomic E-state index is 0.303. The van der Waals surface area contributed by atoms with E-state index in [4.69, 9.17) is 4.74 Å². The number of hydrogen-bond donors (Lipinski definition) is 1. The van der Waals surface area contributed by atoms with Crippen LogP contribution < -0.4 is 10.1 Å². The Kier molecular flexibility index (Phi) is 5.55. The third-order valence-corrected chi connectivity index (χ3v) is 3.86. The van der Waals surface area contributed by atoms with Gasteiger partial charge in [0.25, 0.3) is 5.91 Å². The van der Waals surface area contributed by atoms with Crippen LogP contribution in [0.15, 0.2) is 42.5 Å². The Bertz CT molecular complexity index is 980. The molecule has 0 bridgehead atoms. The number of rotatable bonds is 6. The molecule has 0 radical (unpaired) electrons. The van der Waals surface area contributed by atoms with Gasteiger partial charge in [0.1, 0.15) is 11.4 Å². The zero-order valence-electron chi connectivity index (χ0n) is 15.4. The van der Waals surface area contributed by atoms with Crippen molar-refractivity contribution in [3.63, 3.8) is 0 Å². The molecule has 1 amide bonds. The molecule has 0 saturated heterocycles. The summed E-state index contributed by atoms with van der Waals surface area (Å²) in [6.07, 6.45) is 1.71. The molecule has 138 valence electrons. The number of nitrogens with one attached hydrogen (secondary N) is 1. The standard InChI is InChI=1S/C19H20N6O2/c1-13-6-4-8-16(21-13)12-20-19(26)18(25-14(2)22-23-24-25)11-15-7-5-9-17(10-15)27-3/h4-11H,12H2,1-3H3,(H,20,26)/b18-11-. The highest BCUT2D eigenvalue weighted by molar-refractivity contribution is 6.18. The van der Waals surface area contributed by atoms with E-state index in [0.29, 0.717) is 23.8 Å². The molecule has 0 fully saturated rings. The second-order valence-corrected chi connectivity index (χ2v) is 5.90. The Hall–Kier alpha value is -3.55. The quantitative estimate of drug-likeness (QED) is 0.672. The molecule has 0 spiro atoms. The Morgan fingerprint density at radius 1 is 1.22 bits per heavy atom. The fourth-order valence-corrected chi connectivity index (χ4v) is 2.53. The van der Waals surface area contributed by atoms with Gasteiger partial charge in [-0.1, -0.05) is 18.2 Å². The monoisotopic (exact) mass is 364 g/mol. The molecular weight excluding hydrogens is 344 g/mol. The highest BCUT2D eigenvalue weighted by Gasteiger charge is 2.16. The fraction of sp³-hybridized carbons (Fsp3) is 0.211. The maximum atomic E-state index is 12.9. The second-order valence-electron chi connectivity index (χ2n) is 5.90. The third kappa shape index (κ3) is 4.55. The van der Waals surface area contributed by atoms with Crippen molar-refractivity contribution in [2.75, 3.05) is 7.11 Å². The first-order chi connectivity index (χ1) is 13.1. The molecule has 0 atom stereocenters. The number of benzene rings is 1. The van der Waals surface area contributed by atoms with Gasteiger partial charge in [0.15, 0.2) is 5.82 Å². The number of hydrogen-bond acceptors (Lipinski definition) is 6. The number of aromatic nitrogens is 5. The summed E-state index contributed by atoms with van der Waals surface area (Å²) in [5, 5.41) is 14.3. The number of carbonyl (C=O) groups is 1. The molecule has 0 unspecified atom stereocenters. The molecule has 2 heterocycles. The lowest BCUT2D eigenvalue weighted by Gasteiger charge is -2.10. The van der Waals surface area contributed by atoms with Crippen molar-refractivity contribution in [3.8, 4) is 5.75 Å². The van der Waals surface area contributed by atoms with E-state index in [1.807, 2.05) is 49.4 Å². The molecule has 8 heteroatoms. The number of pyridine rings is 1. The van der Waals surface area contributed by atoms with Gasteiger partial charge in [0, 0.05) is 5.69 Å². The van der Waals surface area contributed by atoms with E-state index in [0.717, 1.165) is 17.0 Å². The van der Waals surface area contributed by atoms with E-state index < -0.39 is 0 Å². The molecule has 3 rings (SSSR count). The van der Waals surface area contributed by atoms with Crippen LogP contribution in [0.2, 0.25) is 0 Å². The first kappa shape index (κ1) is 18.2. The van der Waals surface area contributed by atoms with Crippen LogP contribution in [-0.4, -0.2) is 38.2 Å². The first-order valence-electron chi connectivity index (χ1n) is 8.38. The Morgan fingerprint density at radius 2 is 2.04 bits per heavy atom. The van der Waals surface area contributed by atoms with E-state index in [2.05, 4.69) is 25.8 Å². The molecule has 3 aromatic rings. The second kappa shape index (κ2) is 8.22. The number of amides is 1. The van der Waals surface area contributed by atoms with Crippen molar-refractivity contribution >= 4 is 17.7 Å². The van der Waals surface area contributed by atoms with E-state index in [1.54, 1.807) is 20.1 Å². The van der Waals surface area contributed by atoms with Crippen LogP contribution in [-0.2, 0) is 11.3 Å². The molecular formula is C19H20N6O2. The van der Waals surface area contributed by atoms with E-state index in [-0.39, 0.29) is 5.91 Å². The van der Waals surface area contributed by atoms with Gasteiger partial charge in [-0.05, 0) is 60.2 Å². The maximum absolute atomic E-state index is 12.9. The van der Waals surface area contributed by atoms with E-state index in [9.17, 15) is 4.79 Å². The number of methoxy groups -OCH3 is 1. The summed E-state index contributed by atoms with van der Waals surface area (Å²) in [6, 6.07) is 13.1. The number of carbonyl (C=O) groups excluding carboxylic acids is 1. The normalized spacial score (nSPS) is 11.3. The summed E-state index contributed by atoms with van der Waals surface area (Å²) < 4.78 is 6.64. The van der Waals surface area contributed by atoms with Crippen molar-refractivity contribution in [1.29, 1.82) is 0 Å². The predicted molar refractivity (Wildman–Crippen MR) is 101 cm³/mol. The summed E-state index contributed by atoms with van der Waals surface area (Å²) in [7, 11) is 1.59. The lowest BCUT2D eigenvalue weighted by atomic mass is 10.1. The van der Waals surface area contributed by atoms with Gasteiger partial charge in [-0.15, -0.1) is 5.10 Å². The maximum Gasteiger partial charge on any atom is 0.270 e. The fourth-order valence-electron chi connectivity index (χ4n) is 2.53. The number of ether oxygens (including phenoxy) is 1. The summed E-state index contributed by atoms with van der Waals surface area (Å²) in [5.41, 5.74) is 2.77. The van der Waals surface area contributed by atoms with Crippen molar-refractivity contribution in [1.82, 2.24) is 30.5 Å². The Labute approximate surface area is 156 Å². The van der Waals surface area contributed by atoms with Gasteiger partial charge in [0.05, 0.1) is 19.3 Å². The van der Waals surface area contributed by atoms with E-state index in [1.165, 1.54) is 4.68 Å². The van der Waals surface area contributed by atoms with Crippen molar-refractivity contribution < 1.29 is 9.53 Å². The van der Waals surface area contributed by atoms with Gasteiger partial charge >= 0.3 is 0 Å². The number of aryl methyl sites for hydroxylation is 2. The molecule has 1 aromatic carbocycles. The smallest absolute Gasteiger partial charge is 0.270 e. The highest BCUT2D eigenvalue weighted by atomic mass is 16.5. The summed E-state index contributed by atoms with van der Waals surface area (Å²) in [4.78, 5) is 17.2. The number of nitrogens with zero attached hydrogens (tertiary/aromatic N) is 5. The van der Waals surface area contributed by atoms with Gasteiger partial charge in [-0.3, -0.25) is 9.78 Å². The zero-order valence-corrected chi connectivity index (χ0v) is 15.4. The van der Waals surface area contributed by atoms with Crippen LogP contribution in [0.25, 0.3) is 11.8 Å². The third-order valence-electron chi connectivity index (χ3n) is 3.86. The predicted octanol–water partition coefficient (Wildman–Crippen LogP) is 2.01. The molecule has 8 nitrogen and oxygen atoms in total. The molecule has 2 aromatic heterocycles. The molecule has 1 N–H and O–H groups in total. The largest absolute Gasteiger partial charge is 0.497 e. The summed E-state index contributed by atoms with van der Waals surface area (Å²) in [5.74, 6) is 0.894. The van der Waals surface area contributed by atoms with Crippen LogP contribution in [0, 0.1) is 13.8 Å². The molecule has 0 aliphatic heterocycles. The summed E-state index contributed by atoms with van der Waals surface area (Å²) in [6.45, 7) is 3.94.